The summed E-state index contributed by atoms with van der Waals surface area (Å²) >= 11 is 0. The zero-order chi connectivity index (χ0) is 14.7. The Morgan fingerprint density at radius 3 is 2.30 bits per heavy atom. The molecule has 0 spiro atoms. The van der Waals surface area contributed by atoms with Crippen molar-refractivity contribution in [2.75, 3.05) is 17.7 Å². The van der Waals surface area contributed by atoms with Gasteiger partial charge in [0, 0.05) is 18.3 Å². The largest absolute Gasteiger partial charge is 0.388 e. The number of hydrogen-bond donors (Lipinski definition) is 2. The summed E-state index contributed by atoms with van der Waals surface area (Å²) in [4.78, 5) is 12.0. The van der Waals surface area contributed by atoms with Gasteiger partial charge < -0.3 is 10.6 Å². The average Bonchev–Trinajstić information content (AvgIpc) is 2.42. The zero-order valence-electron chi connectivity index (χ0n) is 11.1. The quantitative estimate of drug-likeness (QED) is 0.899. The van der Waals surface area contributed by atoms with Crippen LogP contribution >= 0.6 is 0 Å². The Morgan fingerprint density at radius 2 is 1.75 bits per heavy atom. The fourth-order valence-corrected chi connectivity index (χ4v) is 1.89. The first kappa shape index (κ1) is 14.0. The number of carbonyl (C=O) groups excluding carboxylic acids is 1. The molecule has 0 unspecified atom stereocenters. The summed E-state index contributed by atoms with van der Waals surface area (Å²) in [5.41, 5.74) is 1.66. The van der Waals surface area contributed by atoms with Crippen molar-refractivity contribution in [2.24, 2.45) is 0 Å². The van der Waals surface area contributed by atoms with Crippen molar-refractivity contribution in [3.8, 4) is 0 Å². The number of benzene rings is 2. The number of rotatable bonds is 3. The van der Waals surface area contributed by atoms with Crippen molar-refractivity contribution in [3.63, 3.8) is 0 Å². The number of hydrogen-bond acceptors (Lipinski definition) is 2. The molecule has 0 aliphatic carbocycles. The standard InChI is InChI=1S/C15H14F2N2O/c1-9-8-10(6-7-13(9)18-2)15(20)19-14-11(16)4-3-5-12(14)17/h3-8,18H,1-2H3,(H,19,20). The highest BCUT2D eigenvalue weighted by atomic mass is 19.1. The number of halogens is 2. The lowest BCUT2D eigenvalue weighted by molar-refractivity contribution is 0.102. The topological polar surface area (TPSA) is 41.1 Å². The first-order valence-corrected chi connectivity index (χ1v) is 6.06. The van der Waals surface area contributed by atoms with E-state index in [1.807, 2.05) is 6.92 Å². The van der Waals surface area contributed by atoms with Gasteiger partial charge in [0.05, 0.1) is 0 Å². The molecule has 20 heavy (non-hydrogen) atoms. The number of para-hydroxylation sites is 1. The van der Waals surface area contributed by atoms with E-state index in [-0.39, 0.29) is 0 Å². The second-order valence-corrected chi connectivity index (χ2v) is 4.33. The van der Waals surface area contributed by atoms with E-state index in [0.717, 1.165) is 23.4 Å². The molecule has 5 heteroatoms. The summed E-state index contributed by atoms with van der Waals surface area (Å²) in [7, 11) is 1.77. The number of carbonyl (C=O) groups is 1. The molecule has 2 aromatic carbocycles. The Kier molecular flexibility index (Phi) is 3.98. The Bertz CT molecular complexity index is 636. The average molecular weight is 276 g/mol. The molecule has 104 valence electrons. The fourth-order valence-electron chi connectivity index (χ4n) is 1.89. The van der Waals surface area contributed by atoms with Crippen molar-refractivity contribution < 1.29 is 13.6 Å². The lowest BCUT2D eigenvalue weighted by Crippen LogP contribution is -2.14. The van der Waals surface area contributed by atoms with Crippen LogP contribution in [0.1, 0.15) is 15.9 Å². The van der Waals surface area contributed by atoms with Crippen LogP contribution in [0.2, 0.25) is 0 Å². The molecule has 0 saturated carbocycles. The summed E-state index contributed by atoms with van der Waals surface area (Å²) < 4.78 is 26.9. The number of amides is 1. The van der Waals surface area contributed by atoms with Gasteiger partial charge in [0.25, 0.3) is 5.91 Å². The lowest BCUT2D eigenvalue weighted by atomic mass is 10.1. The van der Waals surface area contributed by atoms with Gasteiger partial charge in [-0.15, -0.1) is 0 Å². The van der Waals surface area contributed by atoms with Crippen molar-refractivity contribution in [1.29, 1.82) is 0 Å². The van der Waals surface area contributed by atoms with Gasteiger partial charge in [0.15, 0.2) is 0 Å². The molecule has 2 aromatic rings. The van der Waals surface area contributed by atoms with E-state index in [2.05, 4.69) is 10.6 Å². The predicted octanol–water partition coefficient (Wildman–Crippen LogP) is 3.57. The van der Waals surface area contributed by atoms with Crippen LogP contribution < -0.4 is 10.6 Å². The van der Waals surface area contributed by atoms with Crippen molar-refractivity contribution in [2.45, 2.75) is 6.92 Å². The minimum atomic E-state index is -0.804. The van der Waals surface area contributed by atoms with Gasteiger partial charge in [-0.1, -0.05) is 6.07 Å². The van der Waals surface area contributed by atoms with Crippen LogP contribution in [-0.2, 0) is 0 Å². The molecule has 0 aliphatic rings. The van der Waals surface area contributed by atoms with Gasteiger partial charge in [0.1, 0.15) is 17.3 Å². The number of nitrogens with one attached hydrogen (secondary N) is 2. The molecule has 2 rings (SSSR count). The Hall–Kier alpha value is -2.43. The molecular formula is C15H14F2N2O. The highest BCUT2D eigenvalue weighted by Gasteiger charge is 2.13. The second kappa shape index (κ2) is 5.69. The lowest BCUT2D eigenvalue weighted by Gasteiger charge is -2.10. The van der Waals surface area contributed by atoms with Crippen LogP contribution in [0.4, 0.5) is 20.2 Å². The van der Waals surface area contributed by atoms with E-state index >= 15 is 0 Å². The van der Waals surface area contributed by atoms with Crippen molar-refractivity contribution in [3.05, 3.63) is 59.2 Å². The fraction of sp³-hybridized carbons (Fsp3) is 0.133. The molecule has 2 N–H and O–H groups in total. The molecule has 0 aromatic heterocycles. The van der Waals surface area contributed by atoms with E-state index in [4.69, 9.17) is 0 Å². The van der Waals surface area contributed by atoms with E-state index in [0.29, 0.717) is 5.56 Å². The van der Waals surface area contributed by atoms with E-state index in [1.54, 1.807) is 25.2 Å². The molecule has 0 aliphatic heterocycles. The Morgan fingerprint density at radius 1 is 1.10 bits per heavy atom. The summed E-state index contributed by atoms with van der Waals surface area (Å²) in [5.74, 6) is -2.16. The van der Waals surface area contributed by atoms with Gasteiger partial charge in [0.2, 0.25) is 0 Å². The summed E-state index contributed by atoms with van der Waals surface area (Å²) in [6.07, 6.45) is 0. The van der Waals surface area contributed by atoms with Crippen molar-refractivity contribution in [1.82, 2.24) is 0 Å². The van der Waals surface area contributed by atoms with Gasteiger partial charge in [-0.3, -0.25) is 4.79 Å². The molecule has 1 amide bonds. The van der Waals surface area contributed by atoms with Crippen LogP contribution in [0.15, 0.2) is 36.4 Å². The molecule has 0 heterocycles. The Labute approximate surface area is 115 Å². The highest BCUT2D eigenvalue weighted by Crippen LogP contribution is 2.20. The first-order chi connectivity index (χ1) is 9.52. The molecule has 0 bridgehead atoms. The highest BCUT2D eigenvalue weighted by molar-refractivity contribution is 6.04. The van der Waals surface area contributed by atoms with Gasteiger partial charge in [-0.25, -0.2) is 8.78 Å². The minimum absolute atomic E-state index is 0.337. The maximum absolute atomic E-state index is 13.5. The van der Waals surface area contributed by atoms with Crippen LogP contribution in [0.3, 0.4) is 0 Å². The van der Waals surface area contributed by atoms with Gasteiger partial charge in [-0.2, -0.15) is 0 Å². The smallest absolute Gasteiger partial charge is 0.255 e. The predicted molar refractivity (Wildman–Crippen MR) is 75.0 cm³/mol. The maximum atomic E-state index is 13.5. The van der Waals surface area contributed by atoms with Crippen molar-refractivity contribution >= 4 is 17.3 Å². The summed E-state index contributed by atoms with van der Waals surface area (Å²) in [6.45, 7) is 1.84. The third-order valence-corrected chi connectivity index (χ3v) is 2.96. The molecular weight excluding hydrogens is 262 g/mol. The summed E-state index contributed by atoms with van der Waals surface area (Å²) in [6, 6.07) is 8.41. The first-order valence-electron chi connectivity index (χ1n) is 6.06. The minimum Gasteiger partial charge on any atom is -0.388 e. The van der Waals surface area contributed by atoms with Gasteiger partial charge in [-0.05, 0) is 42.8 Å². The molecule has 0 saturated heterocycles. The SMILES string of the molecule is CNc1ccc(C(=O)Nc2c(F)cccc2F)cc1C. The third-order valence-electron chi connectivity index (χ3n) is 2.96. The van der Waals surface area contributed by atoms with Crippen LogP contribution in [0.25, 0.3) is 0 Å². The van der Waals surface area contributed by atoms with Crippen LogP contribution in [0.5, 0.6) is 0 Å². The van der Waals surface area contributed by atoms with Crippen LogP contribution in [-0.4, -0.2) is 13.0 Å². The van der Waals surface area contributed by atoms with E-state index < -0.39 is 23.2 Å². The molecule has 0 fully saturated rings. The summed E-state index contributed by atoms with van der Waals surface area (Å²) in [5, 5.41) is 5.23. The number of anilines is 2. The second-order valence-electron chi connectivity index (χ2n) is 4.33. The normalized spacial score (nSPS) is 10.2. The molecule has 3 nitrogen and oxygen atoms in total. The van der Waals surface area contributed by atoms with Crippen LogP contribution in [0, 0.1) is 18.6 Å². The molecule has 0 radical (unpaired) electrons. The number of aryl methyl sites for hydroxylation is 1. The Balaban J connectivity index is 2.26. The van der Waals surface area contributed by atoms with E-state index in [1.165, 1.54) is 6.07 Å². The zero-order valence-corrected chi connectivity index (χ0v) is 11.1. The van der Waals surface area contributed by atoms with E-state index in [9.17, 15) is 13.6 Å². The third kappa shape index (κ3) is 2.77. The monoisotopic (exact) mass is 276 g/mol. The maximum Gasteiger partial charge on any atom is 0.255 e. The molecule has 0 atom stereocenters. The van der Waals surface area contributed by atoms with Gasteiger partial charge >= 0.3 is 0 Å².